The molecular weight excluding hydrogens is 396 g/mol. The van der Waals surface area contributed by atoms with E-state index in [1.807, 2.05) is 4.90 Å². The third-order valence-electron chi connectivity index (χ3n) is 4.74. The summed E-state index contributed by atoms with van der Waals surface area (Å²) >= 11 is 5.86. The maximum absolute atomic E-state index is 12.5. The summed E-state index contributed by atoms with van der Waals surface area (Å²) in [7, 11) is 0. The number of amides is 2. The molecule has 1 saturated heterocycles. The number of nitro groups is 1. The molecule has 9 heteroatoms. The van der Waals surface area contributed by atoms with Gasteiger partial charge in [0.15, 0.2) is 0 Å². The highest BCUT2D eigenvalue weighted by molar-refractivity contribution is 6.30. The number of carbonyl (C=O) groups is 2. The lowest BCUT2D eigenvalue weighted by molar-refractivity contribution is -0.384. The summed E-state index contributed by atoms with van der Waals surface area (Å²) in [5.74, 6) is -0.393. The lowest BCUT2D eigenvalue weighted by atomic mass is 10.2. The second-order valence-electron chi connectivity index (χ2n) is 6.90. The summed E-state index contributed by atoms with van der Waals surface area (Å²) in [6.45, 7) is 3.95. The Bertz CT molecular complexity index is 925. The van der Waals surface area contributed by atoms with Crippen molar-refractivity contribution in [1.82, 2.24) is 9.80 Å². The topological polar surface area (TPSA) is 95.8 Å². The minimum atomic E-state index is -0.510. The van der Waals surface area contributed by atoms with Crippen LogP contribution in [0.1, 0.15) is 15.9 Å². The lowest BCUT2D eigenvalue weighted by Crippen LogP contribution is -2.50. The molecule has 0 bridgehead atoms. The highest BCUT2D eigenvalue weighted by Crippen LogP contribution is 2.25. The van der Waals surface area contributed by atoms with Crippen LogP contribution in [-0.4, -0.2) is 59.3 Å². The van der Waals surface area contributed by atoms with Gasteiger partial charge in [0.2, 0.25) is 5.91 Å². The Kier molecular flexibility index (Phi) is 6.46. The zero-order valence-corrected chi connectivity index (χ0v) is 16.7. The molecule has 3 rings (SSSR count). The van der Waals surface area contributed by atoms with Crippen molar-refractivity contribution in [2.24, 2.45) is 0 Å². The molecule has 0 aliphatic carbocycles. The van der Waals surface area contributed by atoms with Gasteiger partial charge in [-0.05, 0) is 42.8 Å². The minimum Gasteiger partial charge on any atom is -0.336 e. The smallest absolute Gasteiger partial charge is 0.293 e. The van der Waals surface area contributed by atoms with Crippen LogP contribution < -0.4 is 5.32 Å². The summed E-state index contributed by atoms with van der Waals surface area (Å²) in [4.78, 5) is 39.2. The number of halogens is 1. The number of nitro benzene ring substituents is 1. The number of nitrogens with zero attached hydrogens (tertiary/aromatic N) is 3. The number of rotatable bonds is 5. The first-order valence-electron chi connectivity index (χ1n) is 9.15. The summed E-state index contributed by atoms with van der Waals surface area (Å²) in [6.07, 6.45) is 0. The molecule has 0 aromatic heterocycles. The Balaban J connectivity index is 1.53. The molecule has 2 amide bonds. The van der Waals surface area contributed by atoms with E-state index in [4.69, 9.17) is 11.6 Å². The number of anilines is 1. The van der Waals surface area contributed by atoms with Crippen molar-refractivity contribution >= 4 is 34.8 Å². The van der Waals surface area contributed by atoms with Crippen molar-refractivity contribution in [2.75, 3.05) is 38.0 Å². The highest BCUT2D eigenvalue weighted by atomic mass is 35.5. The first kappa shape index (κ1) is 20.8. The molecule has 1 aliphatic rings. The van der Waals surface area contributed by atoms with Crippen molar-refractivity contribution in [2.45, 2.75) is 6.92 Å². The average molecular weight is 417 g/mol. The van der Waals surface area contributed by atoms with Gasteiger partial charge in [0.1, 0.15) is 5.69 Å². The standard InChI is InChI=1S/C20H21ClN4O4/c1-14-2-7-17(18(12-14)25(28)29)22-19(26)13-23-8-10-24(11-9-23)20(27)15-3-5-16(21)6-4-15/h2-7,12H,8-11,13H2,1H3,(H,22,26). The fourth-order valence-corrected chi connectivity index (χ4v) is 3.30. The summed E-state index contributed by atoms with van der Waals surface area (Å²) in [6, 6.07) is 11.4. The van der Waals surface area contributed by atoms with Crippen LogP contribution in [0.15, 0.2) is 42.5 Å². The predicted octanol–water partition coefficient (Wildman–Crippen LogP) is 2.95. The number of aryl methyl sites for hydroxylation is 1. The van der Waals surface area contributed by atoms with Crippen molar-refractivity contribution < 1.29 is 14.5 Å². The van der Waals surface area contributed by atoms with Crippen LogP contribution in [0.5, 0.6) is 0 Å². The molecule has 29 heavy (non-hydrogen) atoms. The lowest BCUT2D eigenvalue weighted by Gasteiger charge is -2.34. The number of nitrogens with one attached hydrogen (secondary N) is 1. The van der Waals surface area contributed by atoms with Gasteiger partial charge in [-0.15, -0.1) is 0 Å². The average Bonchev–Trinajstić information content (AvgIpc) is 2.70. The van der Waals surface area contributed by atoms with Crippen LogP contribution in [-0.2, 0) is 4.79 Å². The van der Waals surface area contributed by atoms with Crippen LogP contribution >= 0.6 is 11.6 Å². The fourth-order valence-electron chi connectivity index (χ4n) is 3.18. The minimum absolute atomic E-state index is 0.0685. The Morgan fingerprint density at radius 1 is 1.10 bits per heavy atom. The van der Waals surface area contributed by atoms with Crippen LogP contribution in [0.25, 0.3) is 0 Å². The van der Waals surface area contributed by atoms with E-state index >= 15 is 0 Å². The third kappa shape index (κ3) is 5.30. The Labute approximate surface area is 173 Å². The van der Waals surface area contributed by atoms with Crippen molar-refractivity contribution in [3.8, 4) is 0 Å². The molecule has 0 atom stereocenters. The normalized spacial score (nSPS) is 14.5. The first-order chi connectivity index (χ1) is 13.8. The molecule has 0 saturated carbocycles. The fraction of sp³-hybridized carbons (Fsp3) is 0.300. The second kappa shape index (κ2) is 9.02. The summed E-state index contributed by atoms with van der Waals surface area (Å²) in [5.41, 5.74) is 1.38. The summed E-state index contributed by atoms with van der Waals surface area (Å²) < 4.78 is 0. The highest BCUT2D eigenvalue weighted by Gasteiger charge is 2.24. The maximum Gasteiger partial charge on any atom is 0.293 e. The van der Waals surface area contributed by atoms with Gasteiger partial charge in [0.05, 0.1) is 11.5 Å². The SMILES string of the molecule is Cc1ccc(NC(=O)CN2CCN(C(=O)c3ccc(Cl)cc3)CC2)c([N+](=O)[O-])c1. The second-order valence-corrected chi connectivity index (χ2v) is 7.34. The Hall–Kier alpha value is -2.97. The van der Waals surface area contributed by atoms with Gasteiger partial charge in [-0.3, -0.25) is 24.6 Å². The van der Waals surface area contributed by atoms with E-state index in [0.717, 1.165) is 5.56 Å². The van der Waals surface area contributed by atoms with Gasteiger partial charge in [-0.2, -0.15) is 0 Å². The van der Waals surface area contributed by atoms with Gasteiger partial charge in [-0.25, -0.2) is 0 Å². The molecule has 152 valence electrons. The van der Waals surface area contributed by atoms with Gasteiger partial charge in [0.25, 0.3) is 11.6 Å². The Morgan fingerprint density at radius 2 is 1.76 bits per heavy atom. The van der Waals surface area contributed by atoms with Crippen molar-refractivity contribution in [3.63, 3.8) is 0 Å². The van der Waals surface area contributed by atoms with Crippen molar-refractivity contribution in [1.29, 1.82) is 0 Å². The molecular formula is C20H21ClN4O4. The van der Waals surface area contributed by atoms with Gasteiger partial charge >= 0.3 is 0 Å². The quantitative estimate of drug-likeness (QED) is 0.597. The molecule has 1 aliphatic heterocycles. The van der Waals surface area contributed by atoms with Gasteiger partial charge in [-0.1, -0.05) is 17.7 Å². The van der Waals surface area contributed by atoms with Gasteiger partial charge in [0, 0.05) is 42.8 Å². The van der Waals surface area contributed by atoms with Crippen molar-refractivity contribution in [3.05, 3.63) is 68.7 Å². The van der Waals surface area contributed by atoms with Gasteiger partial charge < -0.3 is 10.2 Å². The molecule has 2 aromatic rings. The monoisotopic (exact) mass is 416 g/mol. The molecule has 0 unspecified atom stereocenters. The van der Waals surface area contributed by atoms with E-state index < -0.39 is 4.92 Å². The molecule has 0 spiro atoms. The third-order valence-corrected chi connectivity index (χ3v) is 4.99. The van der Waals surface area contributed by atoms with E-state index in [1.54, 1.807) is 42.2 Å². The molecule has 2 aromatic carbocycles. The largest absolute Gasteiger partial charge is 0.336 e. The van der Waals surface area contributed by atoms with E-state index in [1.165, 1.54) is 12.1 Å². The predicted molar refractivity (Wildman–Crippen MR) is 110 cm³/mol. The first-order valence-corrected chi connectivity index (χ1v) is 9.53. The number of hydrogen-bond donors (Lipinski definition) is 1. The van der Waals surface area contributed by atoms with Crippen LogP contribution in [0.4, 0.5) is 11.4 Å². The van der Waals surface area contributed by atoms with E-state index in [0.29, 0.717) is 36.8 Å². The van der Waals surface area contributed by atoms with Crippen LogP contribution in [0.2, 0.25) is 5.02 Å². The van der Waals surface area contributed by atoms with E-state index in [-0.39, 0.29) is 29.7 Å². The number of benzene rings is 2. The molecule has 8 nitrogen and oxygen atoms in total. The maximum atomic E-state index is 12.5. The molecule has 1 N–H and O–H groups in total. The van der Waals surface area contributed by atoms with E-state index in [2.05, 4.69) is 5.32 Å². The zero-order valence-electron chi connectivity index (χ0n) is 15.9. The molecule has 1 heterocycles. The number of carbonyl (C=O) groups excluding carboxylic acids is 2. The Morgan fingerprint density at radius 3 is 2.38 bits per heavy atom. The number of hydrogen-bond acceptors (Lipinski definition) is 5. The molecule has 1 fully saturated rings. The van der Waals surface area contributed by atoms with E-state index in [9.17, 15) is 19.7 Å². The van der Waals surface area contributed by atoms with Crippen LogP contribution in [0.3, 0.4) is 0 Å². The number of piperazine rings is 1. The van der Waals surface area contributed by atoms with Crippen LogP contribution in [0, 0.1) is 17.0 Å². The zero-order chi connectivity index (χ0) is 21.0. The summed E-state index contributed by atoms with van der Waals surface area (Å²) in [5, 5.41) is 14.4. The molecule has 0 radical (unpaired) electrons.